The Kier molecular flexibility index (Phi) is 13.1. The van der Waals surface area contributed by atoms with Gasteiger partial charge in [0.1, 0.15) is 17.2 Å². The van der Waals surface area contributed by atoms with Crippen LogP contribution in [0.4, 0.5) is 0 Å². The number of aliphatic hydroxyl groups is 3. The van der Waals surface area contributed by atoms with E-state index in [0.29, 0.717) is 6.42 Å². The number of aliphatic hydroxyl groups excluding tert-OH is 2. The molecule has 3 N–H and O–H groups in total. The molecule has 0 heterocycles. The molecule has 42 heavy (non-hydrogen) atoms. The Balaban J connectivity index is 0.000000307. The van der Waals surface area contributed by atoms with Crippen LogP contribution in [0.25, 0.3) is 0 Å². The molecule has 0 saturated heterocycles. The van der Waals surface area contributed by atoms with E-state index in [1.54, 1.807) is 31.4 Å². The quantitative estimate of drug-likeness (QED) is 0.227. The number of carbonyl (C=O) groups excluding carboxylic acids is 2. The summed E-state index contributed by atoms with van der Waals surface area (Å²) in [6.07, 6.45) is -3.41. The summed E-state index contributed by atoms with van der Waals surface area (Å²) in [6.45, 7) is 8.69. The van der Waals surface area contributed by atoms with Crippen molar-refractivity contribution < 1.29 is 39.1 Å². The van der Waals surface area contributed by atoms with Crippen LogP contribution in [0.15, 0.2) is 72.8 Å². The Labute approximate surface area is 248 Å². The minimum atomic E-state index is -2.05. The van der Waals surface area contributed by atoms with Crippen LogP contribution in [0, 0.1) is 19.8 Å². The van der Waals surface area contributed by atoms with Crippen molar-refractivity contribution in [3.05, 3.63) is 89.5 Å². The van der Waals surface area contributed by atoms with E-state index < -0.39 is 29.7 Å². The Hall–Kier alpha value is -3.76. The molecule has 3 rings (SSSR count). The second-order valence-electron chi connectivity index (χ2n) is 10.5. The van der Waals surface area contributed by atoms with Gasteiger partial charge >= 0.3 is 11.9 Å². The second-order valence-corrected chi connectivity index (χ2v) is 10.5. The maximum absolute atomic E-state index is 11.8. The van der Waals surface area contributed by atoms with Crippen LogP contribution in [0.2, 0.25) is 0 Å². The second kappa shape index (κ2) is 16.0. The van der Waals surface area contributed by atoms with Gasteiger partial charge in [0.05, 0.1) is 12.7 Å². The molecular weight excluding hydrogens is 538 g/mol. The number of benzene rings is 3. The van der Waals surface area contributed by atoms with E-state index in [-0.39, 0.29) is 17.4 Å². The van der Waals surface area contributed by atoms with Gasteiger partial charge in [-0.1, -0.05) is 61.4 Å². The van der Waals surface area contributed by atoms with Gasteiger partial charge in [0.25, 0.3) is 0 Å². The number of hydrogen-bond donors (Lipinski definition) is 3. The normalized spacial score (nSPS) is 14.5. The van der Waals surface area contributed by atoms with Crippen molar-refractivity contribution in [1.82, 2.24) is 4.90 Å². The molecule has 0 aliphatic rings. The molecule has 9 nitrogen and oxygen atoms in total. The summed E-state index contributed by atoms with van der Waals surface area (Å²) in [7, 11) is 5.70. The maximum Gasteiger partial charge on any atom is 0.343 e. The lowest BCUT2D eigenvalue weighted by Gasteiger charge is -2.35. The van der Waals surface area contributed by atoms with Crippen molar-refractivity contribution >= 4 is 11.9 Å². The first-order valence-corrected chi connectivity index (χ1v) is 13.7. The fourth-order valence-electron chi connectivity index (χ4n) is 4.25. The molecule has 0 aliphatic carbocycles. The number of methoxy groups -OCH3 is 1. The third-order valence-corrected chi connectivity index (χ3v) is 6.82. The predicted molar refractivity (Wildman–Crippen MR) is 161 cm³/mol. The fraction of sp³-hybridized carbons (Fsp3) is 0.394. The van der Waals surface area contributed by atoms with Gasteiger partial charge in [0, 0.05) is 12.5 Å². The van der Waals surface area contributed by atoms with Crippen LogP contribution in [0.3, 0.4) is 0 Å². The van der Waals surface area contributed by atoms with Gasteiger partial charge in [-0.2, -0.15) is 0 Å². The number of esters is 2. The lowest BCUT2D eigenvalue weighted by Crippen LogP contribution is -2.43. The van der Waals surface area contributed by atoms with E-state index in [1.807, 2.05) is 59.1 Å². The molecule has 0 aliphatic heterocycles. The standard InChI is InChI=1S/C18H18O6.C15H25NO2/c1-11-3-7-13(8-4-11)23-17(21)15(19)16(20)18(22)24-14-9-5-12(2)6-10-14;1-6-15(17,12(2)11-16(3)4)13-8-7-9-14(10-13)18-5/h3-10,15-16,19-20H,1-2H3;7-10,12,17H,6,11H2,1-5H3/t15-,16-;12-,15-/m01/s1. The van der Waals surface area contributed by atoms with Crippen LogP contribution >= 0.6 is 0 Å². The van der Waals surface area contributed by atoms with Gasteiger partial charge in [-0.25, -0.2) is 9.59 Å². The zero-order valence-electron chi connectivity index (χ0n) is 25.4. The molecule has 4 atom stereocenters. The molecule has 0 spiro atoms. The molecule has 3 aromatic rings. The van der Waals surface area contributed by atoms with Crippen LogP contribution in [0.1, 0.15) is 37.0 Å². The highest BCUT2D eigenvalue weighted by Gasteiger charge is 2.35. The van der Waals surface area contributed by atoms with Crippen molar-refractivity contribution in [2.75, 3.05) is 27.7 Å². The molecule has 0 unspecified atom stereocenters. The smallest absolute Gasteiger partial charge is 0.343 e. The summed E-state index contributed by atoms with van der Waals surface area (Å²) in [5.74, 6) is -0.951. The van der Waals surface area contributed by atoms with Crippen molar-refractivity contribution in [3.63, 3.8) is 0 Å². The van der Waals surface area contributed by atoms with E-state index in [2.05, 4.69) is 11.8 Å². The van der Waals surface area contributed by atoms with Gasteiger partial charge in [-0.3, -0.25) is 0 Å². The van der Waals surface area contributed by atoms with E-state index in [9.17, 15) is 24.9 Å². The molecule has 3 aromatic carbocycles. The first-order valence-electron chi connectivity index (χ1n) is 13.7. The van der Waals surface area contributed by atoms with E-state index in [4.69, 9.17) is 14.2 Å². The topological polar surface area (TPSA) is 126 Å². The molecule has 0 bridgehead atoms. The zero-order chi connectivity index (χ0) is 31.4. The minimum absolute atomic E-state index is 0.157. The Bertz CT molecular complexity index is 1210. The van der Waals surface area contributed by atoms with E-state index in [1.165, 1.54) is 24.3 Å². The average molecular weight is 582 g/mol. The fourth-order valence-corrected chi connectivity index (χ4v) is 4.25. The minimum Gasteiger partial charge on any atom is -0.497 e. The average Bonchev–Trinajstić information content (AvgIpc) is 2.98. The highest BCUT2D eigenvalue weighted by atomic mass is 16.6. The summed E-state index contributed by atoms with van der Waals surface area (Å²) < 4.78 is 15.1. The Morgan fingerprint density at radius 2 is 1.26 bits per heavy atom. The molecule has 228 valence electrons. The maximum atomic E-state index is 11.8. The number of carbonyl (C=O) groups is 2. The highest BCUT2D eigenvalue weighted by molar-refractivity contribution is 5.87. The summed E-state index contributed by atoms with van der Waals surface area (Å²) in [5, 5.41) is 30.5. The number of ether oxygens (including phenoxy) is 3. The van der Waals surface area contributed by atoms with Gasteiger partial charge in [-0.15, -0.1) is 0 Å². The van der Waals surface area contributed by atoms with E-state index >= 15 is 0 Å². The highest BCUT2D eigenvalue weighted by Crippen LogP contribution is 2.35. The molecule has 0 fully saturated rings. The van der Waals surface area contributed by atoms with Gasteiger partial charge < -0.3 is 34.4 Å². The Morgan fingerprint density at radius 1 is 0.810 bits per heavy atom. The lowest BCUT2D eigenvalue weighted by atomic mass is 9.80. The molecule has 0 aromatic heterocycles. The first-order chi connectivity index (χ1) is 19.8. The third kappa shape index (κ3) is 9.95. The Morgan fingerprint density at radius 3 is 1.64 bits per heavy atom. The first kappa shape index (κ1) is 34.4. The van der Waals surface area contributed by atoms with Crippen molar-refractivity contribution in [2.24, 2.45) is 5.92 Å². The van der Waals surface area contributed by atoms with Crippen molar-refractivity contribution in [2.45, 2.75) is 51.9 Å². The van der Waals surface area contributed by atoms with Crippen molar-refractivity contribution in [1.29, 1.82) is 0 Å². The summed E-state index contributed by atoms with van der Waals surface area (Å²) in [6, 6.07) is 20.8. The zero-order valence-corrected chi connectivity index (χ0v) is 25.4. The molecule has 0 amide bonds. The SMILES string of the molecule is CC[C@](O)(c1cccc(OC)c1)[C@H](C)CN(C)C.Cc1ccc(OC(=O)[C@@H](O)[C@H](O)C(=O)Oc2ccc(C)cc2)cc1. The number of aryl methyl sites for hydroxylation is 2. The van der Waals surface area contributed by atoms with Gasteiger partial charge in [0.2, 0.25) is 0 Å². The van der Waals surface area contributed by atoms with Crippen molar-refractivity contribution in [3.8, 4) is 17.2 Å². The molecule has 0 radical (unpaired) electrons. The van der Waals surface area contributed by atoms with Gasteiger partial charge in [0.15, 0.2) is 12.2 Å². The van der Waals surface area contributed by atoms with Crippen LogP contribution in [-0.4, -0.2) is 72.1 Å². The lowest BCUT2D eigenvalue weighted by molar-refractivity contribution is -0.162. The molecular formula is C33H43NO8. The summed E-state index contributed by atoms with van der Waals surface area (Å²) in [4.78, 5) is 25.7. The number of hydrogen-bond acceptors (Lipinski definition) is 9. The largest absolute Gasteiger partial charge is 0.497 e. The van der Waals surface area contributed by atoms with Crippen LogP contribution in [0.5, 0.6) is 17.2 Å². The van der Waals surface area contributed by atoms with Gasteiger partial charge in [-0.05, 0) is 76.3 Å². The summed E-state index contributed by atoms with van der Waals surface area (Å²) in [5.41, 5.74) is 2.06. The monoisotopic (exact) mass is 581 g/mol. The number of rotatable bonds is 11. The van der Waals surface area contributed by atoms with Crippen LogP contribution < -0.4 is 14.2 Å². The molecule has 0 saturated carbocycles. The summed E-state index contributed by atoms with van der Waals surface area (Å²) >= 11 is 0. The van der Waals surface area contributed by atoms with E-state index in [0.717, 1.165) is 29.0 Å². The molecule has 9 heteroatoms. The predicted octanol–water partition coefficient (Wildman–Crippen LogP) is 4.03. The van der Waals surface area contributed by atoms with Crippen LogP contribution in [-0.2, 0) is 15.2 Å². The third-order valence-electron chi connectivity index (χ3n) is 6.82. The number of nitrogens with zero attached hydrogens (tertiary/aromatic N) is 1.